The lowest BCUT2D eigenvalue weighted by atomic mass is 10.1. The Morgan fingerprint density at radius 3 is 2.77 bits per heavy atom. The largest absolute Gasteiger partial charge is 0.354 e. The summed E-state index contributed by atoms with van der Waals surface area (Å²) in [7, 11) is 0. The minimum atomic E-state index is -0.362. The van der Waals surface area contributed by atoms with Crippen LogP contribution in [0.5, 0.6) is 0 Å². The summed E-state index contributed by atoms with van der Waals surface area (Å²) in [6, 6.07) is 12.8. The molecule has 0 aliphatic carbocycles. The quantitative estimate of drug-likeness (QED) is 0.372. The summed E-state index contributed by atoms with van der Waals surface area (Å²) >= 11 is 1.28. The number of hydrogen-bond donors (Lipinski definition) is 1. The number of aromatic nitrogens is 4. The molecule has 3 heterocycles. The molecule has 1 N–H and O–H groups in total. The highest BCUT2D eigenvalue weighted by atomic mass is 32.2. The Morgan fingerprint density at radius 1 is 1.17 bits per heavy atom. The number of carbonyl (C=O) groups excluding carboxylic acids is 1. The lowest BCUT2D eigenvalue weighted by Crippen LogP contribution is -2.37. The van der Waals surface area contributed by atoms with Gasteiger partial charge in [-0.1, -0.05) is 41.6 Å². The van der Waals surface area contributed by atoms with E-state index in [1.54, 1.807) is 12.1 Å². The first-order valence-electron chi connectivity index (χ1n) is 12.0. The molecule has 1 fully saturated rings. The zero-order valence-electron chi connectivity index (χ0n) is 20.0. The number of rotatable bonds is 8. The number of nitrogens with one attached hydrogen (secondary N) is 1. The van der Waals surface area contributed by atoms with Gasteiger partial charge >= 0.3 is 0 Å². The van der Waals surface area contributed by atoms with Gasteiger partial charge in [0.25, 0.3) is 0 Å². The van der Waals surface area contributed by atoms with Crippen LogP contribution in [-0.4, -0.2) is 62.0 Å². The van der Waals surface area contributed by atoms with E-state index < -0.39 is 0 Å². The maximum Gasteiger partial charge on any atom is 0.233 e. The number of halogens is 1. The zero-order valence-corrected chi connectivity index (χ0v) is 20.8. The Balaban J connectivity index is 1.39. The molecule has 2 aromatic carbocycles. The molecule has 0 saturated carbocycles. The Hall–Kier alpha value is -3.04. The third-order valence-corrected chi connectivity index (χ3v) is 7.42. The number of thioether (sulfide) groups is 1. The van der Waals surface area contributed by atoms with Crippen molar-refractivity contribution in [2.75, 3.05) is 26.2 Å². The zero-order chi connectivity index (χ0) is 24.4. The first-order valence-corrected chi connectivity index (χ1v) is 12.9. The van der Waals surface area contributed by atoms with Crippen molar-refractivity contribution < 1.29 is 9.18 Å². The molecule has 1 saturated heterocycles. The molecule has 0 spiro atoms. The van der Waals surface area contributed by atoms with E-state index in [0.29, 0.717) is 35.0 Å². The lowest BCUT2D eigenvalue weighted by Gasteiger charge is -2.16. The molecule has 1 aliphatic heterocycles. The highest BCUT2D eigenvalue weighted by Gasteiger charge is 2.20. The van der Waals surface area contributed by atoms with E-state index in [1.165, 1.54) is 30.7 Å². The fourth-order valence-corrected chi connectivity index (χ4v) is 5.29. The molecule has 2 aromatic heterocycles. The minimum absolute atomic E-state index is 0.0413. The summed E-state index contributed by atoms with van der Waals surface area (Å²) in [6.07, 6.45) is 2.47. The molecule has 35 heavy (non-hydrogen) atoms. The van der Waals surface area contributed by atoms with Crippen LogP contribution in [0.25, 0.3) is 22.1 Å². The standard InChI is InChI=1S/C26H29FN6OS/c1-17-9-10-22-20(15-17)23-24(33(22)16-19-7-3-4-8-21(19)27)29-26(31-30-23)35-18(2)25(34)28-11-14-32-12-5-6-13-32/h3-4,7-10,15,18H,5-6,11-14,16H2,1-2H3,(H,28,34). The van der Waals surface area contributed by atoms with Gasteiger partial charge in [0.1, 0.15) is 11.3 Å². The van der Waals surface area contributed by atoms with Crippen LogP contribution in [0.1, 0.15) is 30.9 Å². The van der Waals surface area contributed by atoms with E-state index in [-0.39, 0.29) is 17.0 Å². The minimum Gasteiger partial charge on any atom is -0.354 e. The van der Waals surface area contributed by atoms with Gasteiger partial charge < -0.3 is 14.8 Å². The van der Waals surface area contributed by atoms with Crippen LogP contribution in [0.15, 0.2) is 47.6 Å². The molecule has 0 radical (unpaired) electrons. The number of carbonyl (C=O) groups is 1. The van der Waals surface area contributed by atoms with Crippen molar-refractivity contribution in [2.45, 2.75) is 43.6 Å². The number of likely N-dealkylation sites (tertiary alicyclic amines) is 1. The average Bonchev–Trinajstić information content (AvgIpc) is 3.47. The molecule has 9 heteroatoms. The summed E-state index contributed by atoms with van der Waals surface area (Å²) in [5.41, 5.74) is 3.90. The second-order valence-electron chi connectivity index (χ2n) is 9.06. The van der Waals surface area contributed by atoms with Gasteiger partial charge in [0.05, 0.1) is 17.3 Å². The van der Waals surface area contributed by atoms with E-state index in [0.717, 1.165) is 36.1 Å². The summed E-state index contributed by atoms with van der Waals surface area (Å²) in [6.45, 7) is 7.93. The Kier molecular flexibility index (Phi) is 6.97. The van der Waals surface area contributed by atoms with Crippen molar-refractivity contribution in [1.29, 1.82) is 0 Å². The highest BCUT2D eigenvalue weighted by molar-refractivity contribution is 8.00. The molecule has 182 valence electrons. The molecule has 1 aliphatic rings. The van der Waals surface area contributed by atoms with Gasteiger partial charge in [0.15, 0.2) is 5.65 Å². The van der Waals surface area contributed by atoms with Crippen LogP contribution in [0.2, 0.25) is 0 Å². The first-order chi connectivity index (χ1) is 17.0. The predicted octanol–water partition coefficient (Wildman–Crippen LogP) is 4.17. The molecule has 0 bridgehead atoms. The van der Waals surface area contributed by atoms with Crippen molar-refractivity contribution in [3.8, 4) is 0 Å². The van der Waals surface area contributed by atoms with Gasteiger partial charge in [0.2, 0.25) is 11.1 Å². The van der Waals surface area contributed by atoms with Crippen molar-refractivity contribution in [1.82, 2.24) is 30.0 Å². The molecule has 7 nitrogen and oxygen atoms in total. The molecular weight excluding hydrogens is 463 g/mol. The summed E-state index contributed by atoms with van der Waals surface area (Å²) in [5, 5.41) is 12.8. The third kappa shape index (κ3) is 5.16. The van der Waals surface area contributed by atoms with Gasteiger partial charge in [-0.25, -0.2) is 9.37 Å². The maximum absolute atomic E-state index is 14.5. The van der Waals surface area contributed by atoms with Crippen LogP contribution in [0.3, 0.4) is 0 Å². The number of hydrogen-bond acceptors (Lipinski definition) is 6. The highest BCUT2D eigenvalue weighted by Crippen LogP contribution is 2.30. The average molecular weight is 493 g/mol. The Morgan fingerprint density at radius 2 is 1.97 bits per heavy atom. The van der Waals surface area contributed by atoms with Crippen molar-refractivity contribution in [2.24, 2.45) is 0 Å². The first kappa shape index (κ1) is 23.7. The Labute approximate surface area is 208 Å². The second kappa shape index (κ2) is 10.3. The van der Waals surface area contributed by atoms with Crippen molar-refractivity contribution in [3.63, 3.8) is 0 Å². The molecular formula is C26H29FN6OS. The van der Waals surface area contributed by atoms with Crippen LogP contribution < -0.4 is 5.32 Å². The molecule has 1 atom stereocenters. The number of fused-ring (bicyclic) bond motifs is 3. The van der Waals surface area contributed by atoms with Gasteiger partial charge in [-0.05, 0) is 58.0 Å². The van der Waals surface area contributed by atoms with E-state index >= 15 is 0 Å². The van der Waals surface area contributed by atoms with E-state index in [9.17, 15) is 9.18 Å². The lowest BCUT2D eigenvalue weighted by molar-refractivity contribution is -0.120. The van der Waals surface area contributed by atoms with Gasteiger partial charge in [-0.2, -0.15) is 0 Å². The van der Waals surface area contributed by atoms with E-state index in [1.807, 2.05) is 36.6 Å². The van der Waals surface area contributed by atoms with Crippen LogP contribution in [0.4, 0.5) is 4.39 Å². The Bertz CT molecular complexity index is 1370. The van der Waals surface area contributed by atoms with Crippen molar-refractivity contribution >= 4 is 39.7 Å². The number of benzene rings is 2. The van der Waals surface area contributed by atoms with E-state index in [4.69, 9.17) is 4.98 Å². The normalized spacial score (nSPS) is 15.2. The van der Waals surface area contributed by atoms with E-state index in [2.05, 4.69) is 26.5 Å². The smallest absolute Gasteiger partial charge is 0.233 e. The SMILES string of the molecule is Cc1ccc2c(c1)c1nnc(SC(C)C(=O)NCCN3CCCC3)nc1n2Cc1ccccc1F. The van der Waals surface area contributed by atoms with Crippen LogP contribution in [0, 0.1) is 12.7 Å². The summed E-state index contributed by atoms with van der Waals surface area (Å²) in [5.74, 6) is -0.300. The fourth-order valence-electron chi connectivity index (χ4n) is 4.56. The van der Waals surface area contributed by atoms with Gasteiger partial charge in [0, 0.05) is 24.0 Å². The topological polar surface area (TPSA) is 75.9 Å². The third-order valence-electron chi connectivity index (χ3n) is 6.47. The van der Waals surface area contributed by atoms with Gasteiger partial charge in [-0.15, -0.1) is 10.2 Å². The van der Waals surface area contributed by atoms with Crippen LogP contribution >= 0.6 is 11.8 Å². The summed E-state index contributed by atoms with van der Waals surface area (Å²) < 4.78 is 16.4. The molecule has 5 rings (SSSR count). The van der Waals surface area contributed by atoms with Gasteiger partial charge in [-0.3, -0.25) is 4.79 Å². The molecule has 1 unspecified atom stereocenters. The molecule has 1 amide bonds. The number of aryl methyl sites for hydroxylation is 1. The predicted molar refractivity (Wildman–Crippen MR) is 137 cm³/mol. The second-order valence-corrected chi connectivity index (χ2v) is 10.4. The monoisotopic (exact) mass is 492 g/mol. The van der Waals surface area contributed by atoms with Crippen LogP contribution in [-0.2, 0) is 11.3 Å². The number of nitrogens with zero attached hydrogens (tertiary/aromatic N) is 5. The fraction of sp³-hybridized carbons (Fsp3) is 0.385. The summed E-state index contributed by atoms with van der Waals surface area (Å²) in [4.78, 5) is 19.8. The van der Waals surface area contributed by atoms with Crippen molar-refractivity contribution in [3.05, 3.63) is 59.4 Å². The maximum atomic E-state index is 14.5. The number of amides is 1. The molecule has 4 aromatic rings.